The molecule has 0 bridgehead atoms. The second-order valence-electron chi connectivity index (χ2n) is 6.99. The van der Waals surface area contributed by atoms with E-state index >= 15 is 0 Å². The number of carbonyl (C=O) groups is 1. The Morgan fingerprint density at radius 1 is 1.09 bits per heavy atom. The summed E-state index contributed by atoms with van der Waals surface area (Å²) in [5.74, 6) is -0.373. The number of halogens is 1. The SMILES string of the molecule is O=C(CSc1nc2scc(-c3ccco3)c2c(=O)n1-c1ccccc1)Nc1ccccc1F. The van der Waals surface area contributed by atoms with Crippen molar-refractivity contribution < 1.29 is 13.6 Å². The normalized spacial score (nSPS) is 11.1. The Hall–Kier alpha value is -3.69. The summed E-state index contributed by atoms with van der Waals surface area (Å²) in [5.41, 5.74) is 1.16. The number of anilines is 1. The molecule has 0 atom stereocenters. The predicted molar refractivity (Wildman–Crippen MR) is 129 cm³/mol. The summed E-state index contributed by atoms with van der Waals surface area (Å²) >= 11 is 2.45. The van der Waals surface area contributed by atoms with E-state index in [2.05, 4.69) is 10.3 Å². The highest BCUT2D eigenvalue weighted by atomic mass is 32.2. The average molecular weight is 478 g/mol. The third-order valence-electron chi connectivity index (χ3n) is 4.86. The van der Waals surface area contributed by atoms with Crippen LogP contribution in [0.4, 0.5) is 10.1 Å². The van der Waals surface area contributed by atoms with Gasteiger partial charge in [0.15, 0.2) is 5.16 Å². The molecule has 5 aromatic rings. The summed E-state index contributed by atoms with van der Waals surface area (Å²) in [7, 11) is 0. The van der Waals surface area contributed by atoms with Crippen molar-refractivity contribution in [1.29, 1.82) is 0 Å². The first kappa shape index (κ1) is 21.2. The van der Waals surface area contributed by atoms with Crippen LogP contribution in [0.25, 0.3) is 27.2 Å². The zero-order valence-electron chi connectivity index (χ0n) is 17.0. The summed E-state index contributed by atoms with van der Waals surface area (Å²) in [6, 6.07) is 18.6. The zero-order chi connectivity index (χ0) is 22.8. The van der Waals surface area contributed by atoms with Crippen molar-refractivity contribution in [3.05, 3.63) is 94.5 Å². The Morgan fingerprint density at radius 2 is 1.88 bits per heavy atom. The minimum atomic E-state index is -0.513. The van der Waals surface area contributed by atoms with Gasteiger partial charge in [-0.3, -0.25) is 14.2 Å². The number of thiophene rings is 1. The zero-order valence-corrected chi connectivity index (χ0v) is 18.7. The van der Waals surface area contributed by atoms with E-state index in [1.807, 2.05) is 23.6 Å². The molecule has 3 aromatic heterocycles. The average Bonchev–Trinajstić information content (AvgIpc) is 3.50. The van der Waals surface area contributed by atoms with Crippen molar-refractivity contribution in [2.45, 2.75) is 5.16 Å². The molecule has 2 aromatic carbocycles. The number of amides is 1. The largest absolute Gasteiger partial charge is 0.464 e. The van der Waals surface area contributed by atoms with E-state index in [9.17, 15) is 14.0 Å². The van der Waals surface area contributed by atoms with Gasteiger partial charge in [-0.1, -0.05) is 42.1 Å². The van der Waals surface area contributed by atoms with E-state index in [0.29, 0.717) is 32.4 Å². The number of hydrogen-bond donors (Lipinski definition) is 1. The highest BCUT2D eigenvalue weighted by Gasteiger charge is 2.20. The number of nitrogens with zero attached hydrogens (tertiary/aromatic N) is 2. The molecular weight excluding hydrogens is 461 g/mol. The lowest BCUT2D eigenvalue weighted by Crippen LogP contribution is -2.22. The molecule has 1 amide bonds. The number of benzene rings is 2. The van der Waals surface area contributed by atoms with Crippen molar-refractivity contribution in [3.8, 4) is 17.0 Å². The van der Waals surface area contributed by atoms with Gasteiger partial charge in [0.1, 0.15) is 16.4 Å². The second kappa shape index (κ2) is 9.05. The number of fused-ring (bicyclic) bond motifs is 1. The molecule has 0 unspecified atom stereocenters. The molecule has 1 N–H and O–H groups in total. The number of furan rings is 1. The van der Waals surface area contributed by atoms with Crippen molar-refractivity contribution in [2.75, 3.05) is 11.1 Å². The Balaban J connectivity index is 1.53. The van der Waals surface area contributed by atoms with Gasteiger partial charge < -0.3 is 9.73 Å². The van der Waals surface area contributed by atoms with Crippen LogP contribution in [0.1, 0.15) is 0 Å². The Morgan fingerprint density at radius 3 is 2.64 bits per heavy atom. The van der Waals surface area contributed by atoms with Crippen LogP contribution in [-0.2, 0) is 4.79 Å². The smallest absolute Gasteiger partial charge is 0.268 e. The lowest BCUT2D eigenvalue weighted by Gasteiger charge is -2.12. The van der Waals surface area contributed by atoms with Gasteiger partial charge >= 0.3 is 0 Å². The molecule has 0 aliphatic rings. The molecule has 0 radical (unpaired) electrons. The van der Waals surface area contributed by atoms with Gasteiger partial charge in [0.05, 0.1) is 28.8 Å². The highest BCUT2D eigenvalue weighted by molar-refractivity contribution is 7.99. The molecule has 9 heteroatoms. The van der Waals surface area contributed by atoms with Gasteiger partial charge in [0.2, 0.25) is 5.91 Å². The molecule has 3 heterocycles. The Kier molecular flexibility index (Phi) is 5.80. The van der Waals surface area contributed by atoms with Crippen LogP contribution in [0, 0.1) is 5.82 Å². The van der Waals surface area contributed by atoms with Gasteiger partial charge in [0.25, 0.3) is 5.56 Å². The van der Waals surface area contributed by atoms with E-state index in [0.717, 1.165) is 11.8 Å². The predicted octanol–water partition coefficient (Wildman–Crippen LogP) is 5.58. The third kappa shape index (κ3) is 4.20. The van der Waals surface area contributed by atoms with E-state index in [1.54, 1.807) is 42.7 Å². The number of para-hydroxylation sites is 2. The Labute approximate surface area is 195 Å². The summed E-state index contributed by atoms with van der Waals surface area (Å²) in [4.78, 5) is 31.3. The first-order valence-corrected chi connectivity index (χ1v) is 11.8. The van der Waals surface area contributed by atoms with Crippen molar-refractivity contribution in [1.82, 2.24) is 9.55 Å². The number of aromatic nitrogens is 2. The summed E-state index contributed by atoms with van der Waals surface area (Å²) in [6.45, 7) is 0. The van der Waals surface area contributed by atoms with E-state index in [-0.39, 0.29) is 17.0 Å². The summed E-state index contributed by atoms with van der Waals surface area (Å²) in [6.07, 6.45) is 1.56. The number of nitrogens with one attached hydrogen (secondary N) is 1. The van der Waals surface area contributed by atoms with Gasteiger partial charge in [0, 0.05) is 10.9 Å². The minimum absolute atomic E-state index is 0.0461. The molecule has 0 aliphatic heterocycles. The maximum absolute atomic E-state index is 13.9. The number of carbonyl (C=O) groups excluding carboxylic acids is 1. The van der Waals surface area contributed by atoms with E-state index in [1.165, 1.54) is 28.0 Å². The summed E-state index contributed by atoms with van der Waals surface area (Å²) < 4.78 is 20.9. The molecular formula is C24H16FN3O3S2. The fourth-order valence-corrected chi connectivity index (χ4v) is 5.15. The topological polar surface area (TPSA) is 77.1 Å². The number of hydrogen-bond acceptors (Lipinski definition) is 6. The molecule has 0 fully saturated rings. The summed E-state index contributed by atoms with van der Waals surface area (Å²) in [5, 5.41) is 5.22. The lowest BCUT2D eigenvalue weighted by molar-refractivity contribution is -0.113. The van der Waals surface area contributed by atoms with E-state index in [4.69, 9.17) is 4.42 Å². The quantitative estimate of drug-likeness (QED) is 0.255. The van der Waals surface area contributed by atoms with Crippen LogP contribution >= 0.6 is 23.1 Å². The first-order chi connectivity index (χ1) is 16.1. The molecule has 33 heavy (non-hydrogen) atoms. The number of rotatable bonds is 6. The molecule has 0 spiro atoms. The standard InChI is InChI=1S/C24H16FN3O3S2/c25-17-9-4-5-10-18(17)26-20(29)14-33-24-27-22-21(16(13-32-22)19-11-6-12-31-19)23(30)28(24)15-7-2-1-3-8-15/h1-13H,14H2,(H,26,29). The van der Waals surface area contributed by atoms with Crippen LogP contribution in [-0.4, -0.2) is 21.2 Å². The molecule has 5 rings (SSSR count). The van der Waals surface area contributed by atoms with Crippen molar-refractivity contribution in [2.24, 2.45) is 0 Å². The highest BCUT2D eigenvalue weighted by Crippen LogP contribution is 2.33. The van der Waals surface area contributed by atoms with Crippen molar-refractivity contribution in [3.63, 3.8) is 0 Å². The lowest BCUT2D eigenvalue weighted by atomic mass is 10.2. The molecule has 164 valence electrons. The Bertz CT molecular complexity index is 1490. The van der Waals surface area contributed by atoms with Crippen LogP contribution in [0.15, 0.2) is 92.7 Å². The van der Waals surface area contributed by atoms with Crippen LogP contribution in [0.2, 0.25) is 0 Å². The monoisotopic (exact) mass is 477 g/mol. The van der Waals surface area contributed by atoms with E-state index < -0.39 is 11.7 Å². The molecule has 6 nitrogen and oxygen atoms in total. The van der Waals surface area contributed by atoms with Gasteiger partial charge in [-0.25, -0.2) is 9.37 Å². The van der Waals surface area contributed by atoms with Gasteiger partial charge in [-0.2, -0.15) is 0 Å². The minimum Gasteiger partial charge on any atom is -0.464 e. The third-order valence-corrected chi connectivity index (χ3v) is 6.67. The molecule has 0 aliphatic carbocycles. The maximum atomic E-state index is 13.9. The fraction of sp³-hybridized carbons (Fsp3) is 0.0417. The van der Waals surface area contributed by atoms with Crippen LogP contribution < -0.4 is 10.9 Å². The number of thioether (sulfide) groups is 1. The fourth-order valence-electron chi connectivity index (χ4n) is 3.37. The molecule has 0 saturated carbocycles. The molecule has 0 saturated heterocycles. The van der Waals surface area contributed by atoms with Gasteiger partial charge in [-0.05, 0) is 36.4 Å². The first-order valence-electron chi connectivity index (χ1n) is 9.92. The van der Waals surface area contributed by atoms with Crippen molar-refractivity contribution >= 4 is 44.9 Å². The van der Waals surface area contributed by atoms with Gasteiger partial charge in [-0.15, -0.1) is 11.3 Å². The maximum Gasteiger partial charge on any atom is 0.268 e. The second-order valence-corrected chi connectivity index (χ2v) is 8.79. The van der Waals surface area contributed by atoms with Crippen LogP contribution in [0.3, 0.4) is 0 Å². The van der Waals surface area contributed by atoms with Crippen LogP contribution in [0.5, 0.6) is 0 Å².